The van der Waals surface area contributed by atoms with Crippen LogP contribution in [0.15, 0.2) is 60.8 Å². The van der Waals surface area contributed by atoms with Crippen molar-refractivity contribution in [1.82, 2.24) is 10.3 Å². The Kier molecular flexibility index (Phi) is 6.06. The average molecular weight is 382 g/mol. The predicted molar refractivity (Wildman–Crippen MR) is 101 cm³/mol. The molecule has 1 heterocycles. The van der Waals surface area contributed by atoms with E-state index in [0.717, 1.165) is 5.56 Å². The maximum Gasteiger partial charge on any atom is 0.251 e. The lowest BCUT2D eigenvalue weighted by Gasteiger charge is -2.10. The van der Waals surface area contributed by atoms with Crippen LogP contribution in [0.5, 0.6) is 23.1 Å². The molecule has 1 amide bonds. The molecule has 1 aromatic heterocycles. The predicted octanol–water partition coefficient (Wildman–Crippen LogP) is 3.96. The van der Waals surface area contributed by atoms with Crippen LogP contribution in [-0.2, 0) is 6.54 Å². The molecule has 0 radical (unpaired) electrons. The third-order valence-corrected chi connectivity index (χ3v) is 3.88. The number of carbonyl (C=O) groups is 1. The number of benzene rings is 2. The fraction of sp³-hybridized carbons (Fsp3) is 0.143. The first-order valence-corrected chi connectivity index (χ1v) is 8.47. The number of nitrogens with one attached hydrogen (secondary N) is 1. The number of amides is 1. The van der Waals surface area contributed by atoms with E-state index in [1.807, 2.05) is 0 Å². The Morgan fingerprint density at radius 3 is 2.36 bits per heavy atom. The molecule has 7 heteroatoms. The maximum atomic E-state index is 13.2. The highest BCUT2D eigenvalue weighted by Crippen LogP contribution is 2.23. The molecule has 0 spiro atoms. The van der Waals surface area contributed by atoms with Crippen molar-refractivity contribution in [2.75, 3.05) is 14.2 Å². The molecule has 0 aliphatic rings. The molecule has 3 rings (SSSR count). The Hall–Kier alpha value is -3.61. The number of nitrogens with zero attached hydrogens (tertiary/aromatic N) is 1. The number of halogens is 1. The van der Waals surface area contributed by atoms with Crippen LogP contribution in [0.4, 0.5) is 4.39 Å². The number of hydrogen-bond acceptors (Lipinski definition) is 5. The van der Waals surface area contributed by atoms with Crippen LogP contribution in [0.3, 0.4) is 0 Å². The molecule has 3 aromatic rings. The molecule has 144 valence electrons. The minimum atomic E-state index is -0.383. The van der Waals surface area contributed by atoms with E-state index in [4.69, 9.17) is 14.2 Å². The first-order chi connectivity index (χ1) is 13.6. The zero-order chi connectivity index (χ0) is 19.9. The topological polar surface area (TPSA) is 69.7 Å². The van der Waals surface area contributed by atoms with Crippen LogP contribution in [0.1, 0.15) is 15.9 Å². The highest BCUT2D eigenvalue weighted by atomic mass is 19.1. The van der Waals surface area contributed by atoms with Crippen LogP contribution in [0.2, 0.25) is 0 Å². The largest absolute Gasteiger partial charge is 0.497 e. The van der Waals surface area contributed by atoms with Crippen molar-refractivity contribution in [3.63, 3.8) is 0 Å². The molecule has 0 atom stereocenters. The van der Waals surface area contributed by atoms with Gasteiger partial charge in [0.1, 0.15) is 23.1 Å². The van der Waals surface area contributed by atoms with E-state index in [2.05, 4.69) is 10.3 Å². The fourth-order valence-electron chi connectivity index (χ4n) is 2.45. The van der Waals surface area contributed by atoms with Gasteiger partial charge in [-0.25, -0.2) is 9.37 Å². The summed E-state index contributed by atoms with van der Waals surface area (Å²) in [5, 5.41) is 2.81. The zero-order valence-corrected chi connectivity index (χ0v) is 15.4. The summed E-state index contributed by atoms with van der Waals surface area (Å²) in [6, 6.07) is 14.2. The van der Waals surface area contributed by atoms with E-state index >= 15 is 0 Å². The Morgan fingerprint density at radius 2 is 1.75 bits per heavy atom. The summed E-state index contributed by atoms with van der Waals surface area (Å²) in [4.78, 5) is 16.6. The van der Waals surface area contributed by atoms with Crippen molar-refractivity contribution in [1.29, 1.82) is 0 Å². The van der Waals surface area contributed by atoms with Crippen molar-refractivity contribution < 1.29 is 23.4 Å². The van der Waals surface area contributed by atoms with Crippen LogP contribution >= 0.6 is 0 Å². The number of methoxy groups -OCH3 is 2. The van der Waals surface area contributed by atoms with E-state index in [9.17, 15) is 9.18 Å². The number of carbonyl (C=O) groups excluding carboxylic acids is 1. The van der Waals surface area contributed by atoms with Crippen molar-refractivity contribution in [2.45, 2.75) is 6.54 Å². The van der Waals surface area contributed by atoms with Crippen LogP contribution in [-0.4, -0.2) is 25.1 Å². The number of hydrogen-bond donors (Lipinski definition) is 1. The fourth-order valence-corrected chi connectivity index (χ4v) is 2.45. The van der Waals surface area contributed by atoms with Crippen molar-refractivity contribution in [2.24, 2.45) is 0 Å². The SMILES string of the molecule is COc1cc(OC)cc(C(=O)NCc2ccc(Oc3cccc(F)c3)nc2)c1. The summed E-state index contributed by atoms with van der Waals surface area (Å²) in [5.41, 5.74) is 1.21. The minimum Gasteiger partial charge on any atom is -0.497 e. The Balaban J connectivity index is 1.61. The van der Waals surface area contributed by atoms with Gasteiger partial charge in [0.05, 0.1) is 14.2 Å². The quantitative estimate of drug-likeness (QED) is 0.670. The van der Waals surface area contributed by atoms with Crippen molar-refractivity contribution in [3.8, 4) is 23.1 Å². The molecular weight excluding hydrogens is 363 g/mol. The van der Waals surface area contributed by atoms with Crippen LogP contribution < -0.4 is 19.5 Å². The van der Waals surface area contributed by atoms with E-state index < -0.39 is 0 Å². The summed E-state index contributed by atoms with van der Waals surface area (Å²) < 4.78 is 29.0. The first kappa shape index (κ1) is 19.2. The third kappa shape index (κ3) is 4.97. The van der Waals surface area contributed by atoms with Gasteiger partial charge in [-0.1, -0.05) is 12.1 Å². The number of aromatic nitrogens is 1. The normalized spacial score (nSPS) is 10.2. The third-order valence-electron chi connectivity index (χ3n) is 3.88. The second kappa shape index (κ2) is 8.85. The Labute approximate surface area is 161 Å². The monoisotopic (exact) mass is 382 g/mol. The molecule has 0 saturated heterocycles. The van der Waals surface area contributed by atoms with Crippen LogP contribution in [0.25, 0.3) is 0 Å². The molecule has 0 aliphatic carbocycles. The van der Waals surface area contributed by atoms with E-state index in [1.54, 1.807) is 48.7 Å². The molecule has 0 aliphatic heterocycles. The maximum absolute atomic E-state index is 13.2. The van der Waals surface area contributed by atoms with Gasteiger partial charge in [-0.05, 0) is 29.8 Å². The molecule has 6 nitrogen and oxygen atoms in total. The van der Waals surface area contributed by atoms with Crippen LogP contribution in [0, 0.1) is 5.82 Å². The number of pyridine rings is 1. The molecule has 0 unspecified atom stereocenters. The van der Waals surface area contributed by atoms with Gasteiger partial charge in [-0.2, -0.15) is 0 Å². The minimum absolute atomic E-state index is 0.266. The van der Waals surface area contributed by atoms with E-state index in [0.29, 0.717) is 28.7 Å². The molecule has 0 bridgehead atoms. The molecule has 2 aromatic carbocycles. The second-order valence-electron chi connectivity index (χ2n) is 5.85. The van der Waals surface area contributed by atoms with Gasteiger partial charge in [0.25, 0.3) is 5.91 Å². The molecule has 0 saturated carbocycles. The van der Waals surface area contributed by atoms with Gasteiger partial charge in [0.2, 0.25) is 5.88 Å². The molecule has 1 N–H and O–H groups in total. The van der Waals surface area contributed by atoms with Crippen molar-refractivity contribution >= 4 is 5.91 Å². The second-order valence-corrected chi connectivity index (χ2v) is 5.85. The highest BCUT2D eigenvalue weighted by molar-refractivity contribution is 5.95. The summed E-state index contributed by atoms with van der Waals surface area (Å²) in [7, 11) is 3.05. The smallest absolute Gasteiger partial charge is 0.251 e. The lowest BCUT2D eigenvalue weighted by Crippen LogP contribution is -2.22. The molecular formula is C21H19FN2O4. The lowest BCUT2D eigenvalue weighted by atomic mass is 10.2. The van der Waals surface area contributed by atoms with Gasteiger partial charge < -0.3 is 19.5 Å². The number of rotatable bonds is 7. The lowest BCUT2D eigenvalue weighted by molar-refractivity contribution is 0.0950. The molecule has 28 heavy (non-hydrogen) atoms. The van der Waals surface area contributed by atoms with Gasteiger partial charge >= 0.3 is 0 Å². The van der Waals surface area contributed by atoms with Gasteiger partial charge in [-0.3, -0.25) is 4.79 Å². The number of ether oxygens (including phenoxy) is 3. The molecule has 0 fully saturated rings. The van der Waals surface area contributed by atoms with E-state index in [1.165, 1.54) is 26.4 Å². The standard InChI is InChI=1S/C21H19FN2O4/c1-26-18-8-15(9-19(11-18)27-2)21(25)24-13-14-6-7-20(23-12-14)28-17-5-3-4-16(22)10-17/h3-12H,13H2,1-2H3,(H,24,25). The summed E-state index contributed by atoms with van der Waals surface area (Å²) in [6.07, 6.45) is 1.58. The van der Waals surface area contributed by atoms with Gasteiger partial charge in [0, 0.05) is 36.5 Å². The first-order valence-electron chi connectivity index (χ1n) is 8.47. The van der Waals surface area contributed by atoms with Crippen molar-refractivity contribution in [3.05, 3.63) is 77.7 Å². The average Bonchev–Trinajstić information content (AvgIpc) is 2.72. The van der Waals surface area contributed by atoms with Gasteiger partial charge in [-0.15, -0.1) is 0 Å². The summed E-state index contributed by atoms with van der Waals surface area (Å²) >= 11 is 0. The highest BCUT2D eigenvalue weighted by Gasteiger charge is 2.10. The summed E-state index contributed by atoms with van der Waals surface area (Å²) in [5.74, 6) is 1.11. The van der Waals surface area contributed by atoms with E-state index in [-0.39, 0.29) is 18.3 Å². The van der Waals surface area contributed by atoms with Gasteiger partial charge in [0.15, 0.2) is 0 Å². The Morgan fingerprint density at radius 1 is 1.00 bits per heavy atom. The summed E-state index contributed by atoms with van der Waals surface area (Å²) in [6.45, 7) is 0.283. The zero-order valence-electron chi connectivity index (χ0n) is 15.4. The Bertz CT molecular complexity index is 939.